The first kappa shape index (κ1) is 22.2. The van der Waals surface area contributed by atoms with Crippen LogP contribution in [0.4, 0.5) is 0 Å². The maximum Gasteiger partial charge on any atom is 0.0591 e. The molecule has 0 aromatic carbocycles. The van der Waals surface area contributed by atoms with Crippen molar-refractivity contribution in [1.82, 2.24) is 0 Å². The van der Waals surface area contributed by atoms with Gasteiger partial charge in [0.05, 0.1) is 18.5 Å². The smallest absolute Gasteiger partial charge is 0.0591 e. The van der Waals surface area contributed by atoms with Crippen LogP contribution in [0.5, 0.6) is 0 Å². The van der Waals surface area contributed by atoms with Crippen LogP contribution >= 0.6 is 7.26 Å². The van der Waals surface area contributed by atoms with Gasteiger partial charge in [0.1, 0.15) is 0 Å². The van der Waals surface area contributed by atoms with E-state index >= 15 is 0 Å². The minimum Gasteiger partial charge on any atom is -1.00 e. The van der Waals surface area contributed by atoms with E-state index in [0.29, 0.717) is 0 Å². The van der Waals surface area contributed by atoms with Crippen molar-refractivity contribution in [2.24, 2.45) is 0 Å². The highest BCUT2D eigenvalue weighted by atomic mass is 79.9. The average molecular weight is 353 g/mol. The van der Waals surface area contributed by atoms with Crippen LogP contribution in [0.1, 0.15) is 85.0 Å². The normalized spacial score (nSPS) is 11.4. The number of hydrogen-bond acceptors (Lipinski definition) is 0. The fourth-order valence-corrected chi connectivity index (χ4v) is 4.59. The Kier molecular flexibility index (Phi) is 17.9. The Hall–Kier alpha value is 0.910. The first-order chi connectivity index (χ1) is 8.68. The van der Waals surface area contributed by atoms with Gasteiger partial charge in [-0.05, 0) is 26.7 Å². The molecule has 0 saturated carbocycles. The topological polar surface area (TPSA) is 0 Å². The van der Waals surface area contributed by atoms with Crippen molar-refractivity contribution in [3.05, 3.63) is 0 Å². The Balaban J connectivity index is 0. The maximum atomic E-state index is 2.57. The van der Waals surface area contributed by atoms with Gasteiger partial charge in [-0.1, -0.05) is 58.3 Å². The number of halogens is 1. The molecule has 0 heterocycles. The Morgan fingerprint density at radius 2 is 0.947 bits per heavy atom. The van der Waals surface area contributed by atoms with Gasteiger partial charge in [0.2, 0.25) is 0 Å². The van der Waals surface area contributed by atoms with Crippen molar-refractivity contribution in [2.45, 2.75) is 85.0 Å². The molecule has 0 atom stereocenters. The zero-order valence-corrected chi connectivity index (χ0v) is 16.5. The van der Waals surface area contributed by atoms with Crippen molar-refractivity contribution in [2.75, 3.05) is 25.2 Å². The van der Waals surface area contributed by atoms with Crippen molar-refractivity contribution in [3.63, 3.8) is 0 Å². The van der Waals surface area contributed by atoms with Crippen LogP contribution in [-0.4, -0.2) is 25.2 Å². The molecule has 0 aliphatic heterocycles. The Morgan fingerprint density at radius 3 is 1.32 bits per heavy atom. The summed E-state index contributed by atoms with van der Waals surface area (Å²) in [6.45, 7) is 9.66. The molecule has 0 nitrogen and oxygen atoms in total. The highest BCUT2D eigenvalue weighted by Crippen LogP contribution is 2.54. The second-order valence-corrected chi connectivity index (χ2v) is 11.1. The minimum absolute atomic E-state index is 0. The zero-order chi connectivity index (χ0) is 13.7. The zero-order valence-electron chi connectivity index (χ0n) is 14.0. The van der Waals surface area contributed by atoms with Gasteiger partial charge in [-0.15, -0.1) is 0 Å². The third-order valence-corrected chi connectivity index (χ3v) is 9.03. The summed E-state index contributed by atoms with van der Waals surface area (Å²) in [6.07, 6.45) is 19.2. The highest BCUT2D eigenvalue weighted by molar-refractivity contribution is 7.75. The summed E-state index contributed by atoms with van der Waals surface area (Å²) in [5.41, 5.74) is 0. The molecular formula is C17H38BrP. The van der Waals surface area contributed by atoms with Crippen LogP contribution in [0.15, 0.2) is 0 Å². The van der Waals surface area contributed by atoms with E-state index in [-0.39, 0.29) is 17.0 Å². The fraction of sp³-hybridized carbons (Fsp3) is 1.00. The monoisotopic (exact) mass is 352 g/mol. The summed E-state index contributed by atoms with van der Waals surface area (Å²) >= 11 is 0. The predicted octanol–water partition coefficient (Wildman–Crippen LogP) is 3.60. The third-order valence-electron chi connectivity index (χ3n) is 4.58. The van der Waals surface area contributed by atoms with Gasteiger partial charge in [-0.3, -0.25) is 0 Å². The summed E-state index contributed by atoms with van der Waals surface area (Å²) in [6, 6.07) is 0. The summed E-state index contributed by atoms with van der Waals surface area (Å²) in [7, 11) is -0.505. The van der Waals surface area contributed by atoms with Crippen molar-refractivity contribution >= 4 is 7.26 Å². The van der Waals surface area contributed by atoms with E-state index in [4.69, 9.17) is 0 Å². The molecule has 0 unspecified atom stereocenters. The standard InChI is InChI=1S/C17H38P.BrH/c1-5-8-9-10-11-12-13-14-15-16-17-18(4,6-2)7-3;/h5-17H2,1-4H3;1H/q+1;/p-1. The molecule has 0 aromatic rings. The lowest BCUT2D eigenvalue weighted by Gasteiger charge is -2.19. The molecule has 0 aliphatic carbocycles. The summed E-state index contributed by atoms with van der Waals surface area (Å²) in [5.74, 6) is 0. The molecule has 0 fully saturated rings. The van der Waals surface area contributed by atoms with E-state index in [1.165, 1.54) is 76.5 Å². The molecule has 0 aromatic heterocycles. The molecule has 0 spiro atoms. The molecule has 0 amide bonds. The summed E-state index contributed by atoms with van der Waals surface area (Å²) < 4.78 is 0. The predicted molar refractivity (Wildman–Crippen MR) is 90.6 cm³/mol. The Labute approximate surface area is 134 Å². The molecule has 0 rings (SSSR count). The molecule has 0 aliphatic rings. The largest absolute Gasteiger partial charge is 1.00 e. The summed E-state index contributed by atoms with van der Waals surface area (Å²) in [4.78, 5) is 0. The lowest BCUT2D eigenvalue weighted by molar-refractivity contribution is -0.00000425. The highest BCUT2D eigenvalue weighted by Gasteiger charge is 2.25. The molecule has 0 bridgehead atoms. The molecule has 2 heteroatoms. The van der Waals surface area contributed by atoms with Crippen molar-refractivity contribution in [3.8, 4) is 0 Å². The van der Waals surface area contributed by atoms with Crippen LogP contribution in [0, 0.1) is 0 Å². The lowest BCUT2D eigenvalue weighted by Crippen LogP contribution is -3.00. The van der Waals surface area contributed by atoms with E-state index in [2.05, 4.69) is 27.4 Å². The quantitative estimate of drug-likeness (QED) is 0.351. The van der Waals surface area contributed by atoms with Gasteiger partial charge < -0.3 is 17.0 Å². The van der Waals surface area contributed by atoms with Gasteiger partial charge in [0, 0.05) is 13.9 Å². The molecule has 0 saturated heterocycles. The first-order valence-electron chi connectivity index (χ1n) is 8.52. The first-order valence-corrected chi connectivity index (χ1v) is 11.3. The van der Waals surface area contributed by atoms with Crippen LogP contribution in [0.25, 0.3) is 0 Å². The van der Waals surface area contributed by atoms with Crippen LogP contribution in [-0.2, 0) is 0 Å². The molecule has 0 N–H and O–H groups in total. The van der Waals surface area contributed by atoms with E-state index in [1.54, 1.807) is 6.16 Å². The number of hydrogen-bond donors (Lipinski definition) is 0. The molecular weight excluding hydrogens is 315 g/mol. The van der Waals surface area contributed by atoms with Crippen molar-refractivity contribution < 1.29 is 17.0 Å². The third kappa shape index (κ3) is 13.6. The second kappa shape index (κ2) is 15.3. The van der Waals surface area contributed by atoms with Crippen LogP contribution in [0.2, 0.25) is 0 Å². The molecule has 19 heavy (non-hydrogen) atoms. The fourth-order valence-electron chi connectivity index (χ4n) is 2.52. The van der Waals surface area contributed by atoms with Gasteiger partial charge in [0.25, 0.3) is 0 Å². The Morgan fingerprint density at radius 1 is 0.579 bits per heavy atom. The van der Waals surface area contributed by atoms with E-state index < -0.39 is 7.26 Å². The van der Waals surface area contributed by atoms with Crippen molar-refractivity contribution in [1.29, 1.82) is 0 Å². The lowest BCUT2D eigenvalue weighted by atomic mass is 10.1. The van der Waals surface area contributed by atoms with E-state index in [1.807, 2.05) is 0 Å². The van der Waals surface area contributed by atoms with Gasteiger partial charge in [0.15, 0.2) is 0 Å². The number of rotatable bonds is 13. The van der Waals surface area contributed by atoms with Crippen LogP contribution in [0.3, 0.4) is 0 Å². The molecule has 0 radical (unpaired) electrons. The summed E-state index contributed by atoms with van der Waals surface area (Å²) in [5, 5.41) is 0. The Bertz CT molecular complexity index is 167. The maximum absolute atomic E-state index is 2.57. The van der Waals surface area contributed by atoms with Gasteiger partial charge in [-0.25, -0.2) is 0 Å². The van der Waals surface area contributed by atoms with E-state index in [9.17, 15) is 0 Å². The SMILES string of the molecule is CCCCCCCCCCCC[P+](C)(CC)CC.[Br-]. The van der Waals surface area contributed by atoms with Crippen LogP contribution < -0.4 is 17.0 Å². The van der Waals surface area contributed by atoms with E-state index in [0.717, 1.165) is 0 Å². The van der Waals surface area contributed by atoms with Gasteiger partial charge in [-0.2, -0.15) is 0 Å². The minimum atomic E-state index is -0.505. The average Bonchev–Trinajstić information content (AvgIpc) is 2.40. The molecule has 118 valence electrons. The number of unbranched alkanes of at least 4 members (excludes halogenated alkanes) is 9. The second-order valence-electron chi connectivity index (χ2n) is 6.16. The van der Waals surface area contributed by atoms with Gasteiger partial charge >= 0.3 is 0 Å².